The van der Waals surface area contributed by atoms with Crippen molar-refractivity contribution in [2.24, 2.45) is 0 Å². The highest BCUT2D eigenvalue weighted by Gasteiger charge is 2.22. The normalized spacial score (nSPS) is 10.2. The van der Waals surface area contributed by atoms with E-state index < -0.39 is 22.8 Å². The van der Waals surface area contributed by atoms with Gasteiger partial charge in [0.25, 0.3) is 5.69 Å². The van der Waals surface area contributed by atoms with Crippen molar-refractivity contribution >= 4 is 23.6 Å². The summed E-state index contributed by atoms with van der Waals surface area (Å²) in [5.41, 5.74) is 0.881. The summed E-state index contributed by atoms with van der Waals surface area (Å²) in [6, 6.07) is 7.07. The third-order valence-electron chi connectivity index (χ3n) is 5.03. The van der Waals surface area contributed by atoms with Crippen LogP contribution in [0.25, 0.3) is 11.4 Å². The first kappa shape index (κ1) is 26.3. The van der Waals surface area contributed by atoms with Gasteiger partial charge in [-0.25, -0.2) is 24.4 Å². The van der Waals surface area contributed by atoms with E-state index in [1.165, 1.54) is 25.4 Å². The minimum absolute atomic E-state index is 0.0295. The molecule has 0 saturated carbocycles. The van der Waals surface area contributed by atoms with Crippen LogP contribution in [-0.2, 0) is 4.74 Å². The molecule has 4 aromatic rings. The molecule has 13 heteroatoms. The van der Waals surface area contributed by atoms with Crippen molar-refractivity contribution in [3.8, 4) is 11.4 Å². The molecule has 0 amide bonds. The number of carboxylic acid groups (broad SMARTS) is 2. The molecule has 0 bridgehead atoms. The van der Waals surface area contributed by atoms with Gasteiger partial charge in [-0.15, -0.1) is 0 Å². The number of nitrogens with zero attached hydrogens (tertiary/aromatic N) is 5. The van der Waals surface area contributed by atoms with Crippen LogP contribution in [0.5, 0.6) is 0 Å². The number of imidazole rings is 2. The molecule has 0 spiro atoms. The topological polar surface area (TPSA) is 180 Å². The number of rotatable bonds is 7. The molecule has 2 N–H and O–H groups in total. The highest BCUT2D eigenvalue weighted by Crippen LogP contribution is 2.25. The predicted molar refractivity (Wildman–Crippen MR) is 128 cm³/mol. The fourth-order valence-corrected chi connectivity index (χ4v) is 3.40. The third kappa shape index (κ3) is 6.03. The maximum Gasteiger partial charge on any atom is 0.339 e. The SMILES string of the molecule is CCOC(=O)c1c(C)cc(C(=O)O)cc1C(=O)O.O=[N+]([O-])c1ccc(-n2ccnc2)cc1-n1ccnc1. The highest BCUT2D eigenvalue weighted by molar-refractivity contribution is 6.05. The Labute approximate surface area is 209 Å². The number of hydrogen-bond acceptors (Lipinski definition) is 8. The molecule has 0 saturated heterocycles. The third-order valence-corrected chi connectivity index (χ3v) is 5.03. The number of carbonyl (C=O) groups excluding carboxylic acids is 1. The van der Waals surface area contributed by atoms with Gasteiger partial charge in [0.05, 0.1) is 40.9 Å². The number of nitro benzene ring substituents is 1. The zero-order valence-electron chi connectivity index (χ0n) is 19.6. The summed E-state index contributed by atoms with van der Waals surface area (Å²) in [5, 5.41) is 28.9. The largest absolute Gasteiger partial charge is 0.478 e. The van der Waals surface area contributed by atoms with Crippen LogP contribution < -0.4 is 0 Å². The Morgan fingerprint density at radius 1 is 1.00 bits per heavy atom. The van der Waals surface area contributed by atoms with Crippen LogP contribution in [0, 0.1) is 17.0 Å². The Balaban J connectivity index is 0.000000206. The lowest BCUT2D eigenvalue weighted by atomic mass is 9.98. The summed E-state index contributed by atoms with van der Waals surface area (Å²) < 4.78 is 8.14. The van der Waals surface area contributed by atoms with Gasteiger partial charge in [0.15, 0.2) is 0 Å². The second kappa shape index (κ2) is 11.4. The van der Waals surface area contributed by atoms with Crippen molar-refractivity contribution in [2.45, 2.75) is 13.8 Å². The number of esters is 1. The number of aromatic nitrogens is 4. The van der Waals surface area contributed by atoms with E-state index in [4.69, 9.17) is 14.9 Å². The Hall–Kier alpha value is -5.33. The van der Waals surface area contributed by atoms with Gasteiger partial charge in [-0.2, -0.15) is 0 Å². The molecule has 2 aromatic carbocycles. The second-order valence-electron chi connectivity index (χ2n) is 7.42. The summed E-state index contributed by atoms with van der Waals surface area (Å²) in [5.74, 6) is -3.40. The molecule has 4 rings (SSSR count). The molecule has 0 aliphatic carbocycles. The Bertz CT molecular complexity index is 1450. The van der Waals surface area contributed by atoms with Gasteiger partial charge in [-0.05, 0) is 43.7 Å². The first-order valence-electron chi connectivity index (χ1n) is 10.7. The lowest BCUT2D eigenvalue weighted by Gasteiger charge is -2.10. The molecule has 0 unspecified atom stereocenters. The summed E-state index contributed by atoms with van der Waals surface area (Å²) in [6.45, 7) is 3.17. The highest BCUT2D eigenvalue weighted by atomic mass is 16.6. The number of aryl methyl sites for hydroxylation is 1. The summed E-state index contributed by atoms with van der Waals surface area (Å²) in [6.07, 6.45) is 9.84. The van der Waals surface area contributed by atoms with E-state index in [-0.39, 0.29) is 34.5 Å². The maximum atomic E-state index is 11.6. The van der Waals surface area contributed by atoms with Crippen LogP contribution in [0.15, 0.2) is 67.8 Å². The standard InChI is InChI=1S/C12H9N5O2.C12H12O6/c18-17(19)11-2-1-10(15-5-3-13-8-15)7-12(11)16-6-4-14-9-16;1-3-18-12(17)9-6(2)4-7(10(13)14)5-8(9)11(15)16/h1-9H;4-5H,3H2,1-2H3,(H,13,14)(H,15,16). The number of carbonyl (C=O) groups is 3. The smallest absolute Gasteiger partial charge is 0.339 e. The van der Waals surface area contributed by atoms with Gasteiger partial charge in [-0.3, -0.25) is 10.1 Å². The van der Waals surface area contributed by atoms with E-state index in [1.807, 2.05) is 0 Å². The van der Waals surface area contributed by atoms with E-state index in [0.29, 0.717) is 5.69 Å². The molecule has 0 aliphatic rings. The first-order chi connectivity index (χ1) is 17.6. The van der Waals surface area contributed by atoms with Crippen LogP contribution in [0.1, 0.15) is 43.6 Å². The van der Waals surface area contributed by atoms with Crippen LogP contribution >= 0.6 is 0 Å². The Morgan fingerprint density at radius 3 is 2.16 bits per heavy atom. The van der Waals surface area contributed by atoms with Gasteiger partial charge in [0.1, 0.15) is 5.69 Å². The molecular formula is C24H21N5O8. The number of ether oxygens (including phenoxy) is 1. The molecule has 0 radical (unpaired) electrons. The van der Waals surface area contributed by atoms with Crippen LogP contribution in [0.2, 0.25) is 0 Å². The molecule has 0 fully saturated rings. The average molecular weight is 507 g/mol. The summed E-state index contributed by atoms with van der Waals surface area (Å²) in [7, 11) is 0. The second-order valence-corrected chi connectivity index (χ2v) is 7.42. The van der Waals surface area contributed by atoms with Gasteiger partial charge in [0.2, 0.25) is 0 Å². The summed E-state index contributed by atoms with van der Waals surface area (Å²) in [4.78, 5) is 52.1. The van der Waals surface area contributed by atoms with Crippen molar-refractivity contribution in [1.29, 1.82) is 0 Å². The van der Waals surface area contributed by atoms with E-state index in [1.54, 1.807) is 59.3 Å². The van der Waals surface area contributed by atoms with Crippen molar-refractivity contribution in [1.82, 2.24) is 19.1 Å². The molecule has 37 heavy (non-hydrogen) atoms. The molecule has 190 valence electrons. The number of carboxylic acids is 2. The average Bonchev–Trinajstić information content (AvgIpc) is 3.58. The molecule has 0 aliphatic heterocycles. The van der Waals surface area contributed by atoms with Crippen LogP contribution in [0.4, 0.5) is 5.69 Å². The molecule has 2 heterocycles. The molecular weight excluding hydrogens is 486 g/mol. The Morgan fingerprint density at radius 2 is 1.65 bits per heavy atom. The number of nitro groups is 1. The molecule has 13 nitrogen and oxygen atoms in total. The van der Waals surface area contributed by atoms with Gasteiger partial charge in [0, 0.05) is 36.5 Å². The minimum Gasteiger partial charge on any atom is -0.478 e. The van der Waals surface area contributed by atoms with E-state index in [0.717, 1.165) is 11.8 Å². The van der Waals surface area contributed by atoms with Gasteiger partial charge >= 0.3 is 17.9 Å². The fourth-order valence-electron chi connectivity index (χ4n) is 3.40. The monoisotopic (exact) mass is 507 g/mol. The zero-order chi connectivity index (χ0) is 27.1. The van der Waals surface area contributed by atoms with Crippen molar-refractivity contribution in [2.75, 3.05) is 6.61 Å². The van der Waals surface area contributed by atoms with Crippen LogP contribution in [-0.4, -0.2) is 58.8 Å². The predicted octanol–water partition coefficient (Wildman–Crippen LogP) is 3.53. The van der Waals surface area contributed by atoms with Crippen LogP contribution in [0.3, 0.4) is 0 Å². The molecule has 2 aromatic heterocycles. The van der Waals surface area contributed by atoms with E-state index in [9.17, 15) is 24.5 Å². The van der Waals surface area contributed by atoms with Crippen molar-refractivity contribution in [3.05, 3.63) is 100 Å². The quantitative estimate of drug-likeness (QED) is 0.213. The minimum atomic E-state index is -1.37. The zero-order valence-corrected chi connectivity index (χ0v) is 19.6. The van der Waals surface area contributed by atoms with Crippen molar-refractivity contribution in [3.63, 3.8) is 0 Å². The van der Waals surface area contributed by atoms with Crippen molar-refractivity contribution < 1.29 is 34.3 Å². The molecule has 0 atom stereocenters. The number of aromatic carboxylic acids is 2. The van der Waals surface area contributed by atoms with Gasteiger partial charge in [-0.1, -0.05) is 0 Å². The fraction of sp³-hybridized carbons (Fsp3) is 0.125. The maximum absolute atomic E-state index is 11.6. The number of hydrogen-bond donors (Lipinski definition) is 2. The lowest BCUT2D eigenvalue weighted by Crippen LogP contribution is -2.15. The Kier molecular flexibility index (Phi) is 8.09. The van der Waals surface area contributed by atoms with E-state index >= 15 is 0 Å². The lowest BCUT2D eigenvalue weighted by molar-refractivity contribution is -0.384. The first-order valence-corrected chi connectivity index (χ1v) is 10.7. The number of benzene rings is 2. The summed E-state index contributed by atoms with van der Waals surface area (Å²) >= 11 is 0. The van der Waals surface area contributed by atoms with Gasteiger partial charge < -0.3 is 24.1 Å². The van der Waals surface area contributed by atoms with E-state index in [2.05, 4.69) is 9.97 Å².